The van der Waals surface area contributed by atoms with Crippen molar-refractivity contribution < 1.29 is 14.3 Å². The van der Waals surface area contributed by atoms with Crippen LogP contribution in [-0.4, -0.2) is 66.4 Å². The second-order valence-electron chi connectivity index (χ2n) is 8.05. The molecule has 3 aliphatic heterocycles. The Morgan fingerprint density at radius 1 is 1.08 bits per heavy atom. The lowest BCUT2D eigenvalue weighted by Gasteiger charge is -2.35. The SMILES string of the molecule is CC(C)OCC12CCCN1C(COC(=O)N1CCCCCC1)CC2. The van der Waals surface area contributed by atoms with Gasteiger partial charge < -0.3 is 14.4 Å². The first kappa shape index (κ1) is 18.0. The Labute approximate surface area is 146 Å². The van der Waals surface area contributed by atoms with Gasteiger partial charge in [-0.2, -0.15) is 0 Å². The molecule has 0 N–H and O–H groups in total. The summed E-state index contributed by atoms with van der Waals surface area (Å²) in [5, 5.41) is 0. The van der Waals surface area contributed by atoms with E-state index >= 15 is 0 Å². The van der Waals surface area contributed by atoms with Crippen molar-refractivity contribution in [1.82, 2.24) is 9.80 Å². The number of carbonyl (C=O) groups is 1. The van der Waals surface area contributed by atoms with Crippen LogP contribution < -0.4 is 0 Å². The minimum atomic E-state index is -0.105. The number of amides is 1. The summed E-state index contributed by atoms with van der Waals surface area (Å²) in [5.41, 5.74) is 0.198. The largest absolute Gasteiger partial charge is 0.448 e. The fourth-order valence-electron chi connectivity index (χ4n) is 4.62. The predicted octanol–water partition coefficient (Wildman–Crippen LogP) is 3.42. The molecule has 3 rings (SSSR count). The van der Waals surface area contributed by atoms with Crippen molar-refractivity contribution in [3.63, 3.8) is 0 Å². The van der Waals surface area contributed by atoms with E-state index in [4.69, 9.17) is 9.47 Å². The Hall–Kier alpha value is -0.810. The van der Waals surface area contributed by atoms with E-state index in [1.165, 1.54) is 32.1 Å². The van der Waals surface area contributed by atoms with Crippen molar-refractivity contribution >= 4 is 6.09 Å². The Kier molecular flexibility index (Phi) is 6.03. The average molecular weight is 338 g/mol. The van der Waals surface area contributed by atoms with Crippen molar-refractivity contribution in [3.05, 3.63) is 0 Å². The van der Waals surface area contributed by atoms with Gasteiger partial charge in [-0.25, -0.2) is 4.79 Å². The van der Waals surface area contributed by atoms with E-state index in [2.05, 4.69) is 18.7 Å². The van der Waals surface area contributed by atoms with Crippen molar-refractivity contribution in [1.29, 1.82) is 0 Å². The van der Waals surface area contributed by atoms with Crippen molar-refractivity contribution in [3.8, 4) is 0 Å². The first-order chi connectivity index (χ1) is 11.6. The number of nitrogens with zero attached hydrogens (tertiary/aromatic N) is 2. The van der Waals surface area contributed by atoms with Crippen LogP contribution in [0, 0.1) is 0 Å². The summed E-state index contributed by atoms with van der Waals surface area (Å²) >= 11 is 0. The van der Waals surface area contributed by atoms with Gasteiger partial charge in [0.1, 0.15) is 6.61 Å². The van der Waals surface area contributed by atoms with Gasteiger partial charge in [-0.1, -0.05) is 12.8 Å². The summed E-state index contributed by atoms with van der Waals surface area (Å²) in [4.78, 5) is 16.8. The van der Waals surface area contributed by atoms with E-state index < -0.39 is 0 Å². The van der Waals surface area contributed by atoms with Gasteiger partial charge in [-0.15, -0.1) is 0 Å². The molecule has 0 aromatic rings. The van der Waals surface area contributed by atoms with Crippen LogP contribution >= 0.6 is 0 Å². The summed E-state index contributed by atoms with van der Waals surface area (Å²) in [6.45, 7) is 8.41. The van der Waals surface area contributed by atoms with Crippen molar-refractivity contribution in [2.24, 2.45) is 0 Å². The van der Waals surface area contributed by atoms with E-state index in [-0.39, 0.29) is 17.7 Å². The second kappa shape index (κ2) is 8.05. The smallest absolute Gasteiger partial charge is 0.409 e. The molecule has 0 aromatic heterocycles. The maximum absolute atomic E-state index is 12.4. The van der Waals surface area contributed by atoms with Gasteiger partial charge in [-0.05, 0) is 58.9 Å². The number of hydrogen-bond acceptors (Lipinski definition) is 4. The van der Waals surface area contributed by atoms with Crippen LogP contribution in [0.3, 0.4) is 0 Å². The molecule has 0 aliphatic carbocycles. The van der Waals surface area contributed by atoms with Gasteiger partial charge in [0.05, 0.1) is 12.7 Å². The summed E-state index contributed by atoms with van der Waals surface area (Å²) < 4.78 is 11.7. The predicted molar refractivity (Wildman–Crippen MR) is 94.2 cm³/mol. The highest BCUT2D eigenvalue weighted by Gasteiger charge is 2.49. The molecule has 3 heterocycles. The van der Waals surface area contributed by atoms with Gasteiger partial charge in [-0.3, -0.25) is 4.90 Å². The van der Waals surface area contributed by atoms with Crippen LogP contribution in [0.2, 0.25) is 0 Å². The molecule has 3 aliphatic rings. The lowest BCUT2D eigenvalue weighted by molar-refractivity contribution is -0.0126. The lowest BCUT2D eigenvalue weighted by Crippen LogP contribution is -2.48. The molecule has 0 saturated carbocycles. The molecule has 0 radical (unpaired) electrons. The fraction of sp³-hybridized carbons (Fsp3) is 0.947. The van der Waals surface area contributed by atoms with Crippen LogP contribution in [0.15, 0.2) is 0 Å². The Bertz CT molecular complexity index is 421. The monoisotopic (exact) mass is 338 g/mol. The highest BCUT2D eigenvalue weighted by molar-refractivity contribution is 5.67. The third kappa shape index (κ3) is 4.05. The van der Waals surface area contributed by atoms with Crippen LogP contribution in [0.5, 0.6) is 0 Å². The second-order valence-corrected chi connectivity index (χ2v) is 8.05. The Morgan fingerprint density at radius 2 is 1.83 bits per heavy atom. The fourth-order valence-corrected chi connectivity index (χ4v) is 4.62. The molecule has 24 heavy (non-hydrogen) atoms. The topological polar surface area (TPSA) is 42.0 Å². The molecule has 5 heteroatoms. The average Bonchev–Trinajstić information content (AvgIpc) is 2.98. The highest BCUT2D eigenvalue weighted by atomic mass is 16.6. The zero-order chi connectivity index (χ0) is 17.0. The van der Waals surface area contributed by atoms with Gasteiger partial charge in [0.15, 0.2) is 0 Å². The minimum absolute atomic E-state index is 0.105. The molecule has 3 fully saturated rings. The summed E-state index contributed by atoms with van der Waals surface area (Å²) in [6, 6.07) is 0.374. The first-order valence-corrected chi connectivity index (χ1v) is 9.91. The summed E-state index contributed by atoms with van der Waals surface area (Å²) in [5.74, 6) is 0. The Morgan fingerprint density at radius 3 is 2.54 bits per heavy atom. The first-order valence-electron chi connectivity index (χ1n) is 9.91. The third-order valence-corrected chi connectivity index (χ3v) is 5.98. The third-order valence-electron chi connectivity index (χ3n) is 5.98. The molecule has 3 saturated heterocycles. The minimum Gasteiger partial charge on any atom is -0.448 e. The van der Waals surface area contributed by atoms with Gasteiger partial charge in [0.2, 0.25) is 0 Å². The van der Waals surface area contributed by atoms with Crippen LogP contribution in [0.25, 0.3) is 0 Å². The molecular formula is C19H34N2O3. The van der Waals surface area contributed by atoms with Crippen molar-refractivity contribution in [2.75, 3.05) is 32.8 Å². The zero-order valence-corrected chi connectivity index (χ0v) is 15.5. The molecule has 1 amide bonds. The maximum Gasteiger partial charge on any atom is 0.409 e. The molecule has 0 aromatic carbocycles. The van der Waals surface area contributed by atoms with E-state index in [1.54, 1.807) is 0 Å². The number of carbonyl (C=O) groups excluding carboxylic acids is 1. The molecule has 138 valence electrons. The van der Waals surface area contributed by atoms with E-state index in [0.717, 1.165) is 45.5 Å². The number of likely N-dealkylation sites (tertiary alicyclic amines) is 1. The van der Waals surface area contributed by atoms with Crippen LogP contribution in [-0.2, 0) is 9.47 Å². The summed E-state index contributed by atoms with van der Waals surface area (Å²) in [7, 11) is 0. The van der Waals surface area contributed by atoms with E-state index in [0.29, 0.717) is 12.6 Å². The van der Waals surface area contributed by atoms with Crippen LogP contribution in [0.4, 0.5) is 4.79 Å². The molecular weight excluding hydrogens is 304 g/mol. The van der Waals surface area contributed by atoms with Gasteiger partial charge >= 0.3 is 6.09 Å². The highest BCUT2D eigenvalue weighted by Crippen LogP contribution is 2.42. The van der Waals surface area contributed by atoms with Crippen LogP contribution in [0.1, 0.15) is 65.2 Å². The number of fused-ring (bicyclic) bond motifs is 1. The maximum atomic E-state index is 12.4. The van der Waals surface area contributed by atoms with E-state index in [9.17, 15) is 4.79 Å². The standard InChI is InChI=1S/C19H34N2O3/c1-16(2)24-15-19-9-7-13-21(19)17(8-10-19)14-23-18(22)20-11-5-3-4-6-12-20/h16-17H,3-15H2,1-2H3. The Balaban J connectivity index is 1.50. The van der Waals surface area contributed by atoms with Gasteiger partial charge in [0, 0.05) is 24.7 Å². The molecule has 2 unspecified atom stereocenters. The molecule has 2 atom stereocenters. The molecule has 5 nitrogen and oxygen atoms in total. The molecule has 0 bridgehead atoms. The van der Waals surface area contributed by atoms with Gasteiger partial charge in [0.25, 0.3) is 0 Å². The number of ether oxygens (including phenoxy) is 2. The molecule has 0 spiro atoms. The van der Waals surface area contributed by atoms with E-state index in [1.807, 2.05) is 4.90 Å². The quantitative estimate of drug-likeness (QED) is 0.770. The number of rotatable bonds is 5. The van der Waals surface area contributed by atoms with Crippen molar-refractivity contribution in [2.45, 2.75) is 82.9 Å². The lowest BCUT2D eigenvalue weighted by atomic mass is 9.95. The zero-order valence-electron chi connectivity index (χ0n) is 15.5. The summed E-state index contributed by atoms with van der Waals surface area (Å²) in [6.07, 6.45) is 9.61. The normalized spacial score (nSPS) is 31.3. The number of hydrogen-bond donors (Lipinski definition) is 0.